The van der Waals surface area contributed by atoms with Crippen LogP contribution in [0.4, 0.5) is 10.1 Å². The van der Waals surface area contributed by atoms with E-state index in [2.05, 4.69) is 15.6 Å². The highest BCUT2D eigenvalue weighted by atomic mass is 19.1. The molecule has 7 heteroatoms. The normalized spacial score (nSPS) is 11.7. The molecule has 3 aromatic carbocycles. The maximum Gasteiger partial charge on any atom is 0.252 e. The van der Waals surface area contributed by atoms with E-state index in [1.165, 1.54) is 25.3 Å². The summed E-state index contributed by atoms with van der Waals surface area (Å²) < 4.78 is 19.0. The number of methoxy groups -OCH3 is 1. The minimum atomic E-state index is -0.896. The first-order valence-electron chi connectivity index (χ1n) is 10.1. The van der Waals surface area contributed by atoms with Gasteiger partial charge in [-0.2, -0.15) is 0 Å². The number of amides is 2. The van der Waals surface area contributed by atoms with Crippen molar-refractivity contribution in [3.05, 3.63) is 95.9 Å². The van der Waals surface area contributed by atoms with Gasteiger partial charge < -0.3 is 20.4 Å². The lowest BCUT2D eigenvalue weighted by Crippen LogP contribution is -2.45. The van der Waals surface area contributed by atoms with Crippen LogP contribution in [-0.4, -0.2) is 29.9 Å². The SMILES string of the molecule is COc1ccc(F)cc1NC(=O)C(Cc1ccccc1)NC(=O)c1cccc2[nH]ccc12. The number of aromatic nitrogens is 1. The lowest BCUT2D eigenvalue weighted by atomic mass is 10.0. The average molecular weight is 431 g/mol. The third-order valence-electron chi connectivity index (χ3n) is 5.16. The van der Waals surface area contributed by atoms with Crippen molar-refractivity contribution in [1.82, 2.24) is 10.3 Å². The molecule has 32 heavy (non-hydrogen) atoms. The predicted molar refractivity (Wildman–Crippen MR) is 121 cm³/mol. The third-order valence-corrected chi connectivity index (χ3v) is 5.16. The Morgan fingerprint density at radius 1 is 1.03 bits per heavy atom. The smallest absolute Gasteiger partial charge is 0.252 e. The molecule has 0 aliphatic heterocycles. The number of fused-ring (bicyclic) bond motifs is 1. The lowest BCUT2D eigenvalue weighted by molar-refractivity contribution is -0.118. The van der Waals surface area contributed by atoms with Crippen molar-refractivity contribution in [2.75, 3.05) is 12.4 Å². The number of aromatic amines is 1. The second-order valence-electron chi connectivity index (χ2n) is 7.29. The van der Waals surface area contributed by atoms with E-state index in [1.807, 2.05) is 42.5 Å². The number of ether oxygens (including phenoxy) is 1. The molecule has 6 nitrogen and oxygen atoms in total. The molecule has 0 spiro atoms. The summed E-state index contributed by atoms with van der Waals surface area (Å²) in [4.78, 5) is 29.3. The van der Waals surface area contributed by atoms with Gasteiger partial charge in [-0.25, -0.2) is 4.39 Å². The van der Waals surface area contributed by atoms with Crippen LogP contribution >= 0.6 is 0 Å². The van der Waals surface area contributed by atoms with Crippen LogP contribution in [0.3, 0.4) is 0 Å². The Bertz CT molecular complexity index is 1250. The number of carbonyl (C=O) groups is 2. The zero-order valence-electron chi connectivity index (χ0n) is 17.4. The first-order chi connectivity index (χ1) is 15.5. The second kappa shape index (κ2) is 9.34. The van der Waals surface area contributed by atoms with Crippen LogP contribution in [0.1, 0.15) is 15.9 Å². The van der Waals surface area contributed by atoms with Crippen LogP contribution in [0.5, 0.6) is 5.75 Å². The minimum Gasteiger partial charge on any atom is -0.495 e. The van der Waals surface area contributed by atoms with E-state index in [4.69, 9.17) is 4.74 Å². The van der Waals surface area contributed by atoms with Crippen LogP contribution in [0.25, 0.3) is 10.9 Å². The van der Waals surface area contributed by atoms with Gasteiger partial charge in [0.15, 0.2) is 0 Å². The zero-order chi connectivity index (χ0) is 22.5. The van der Waals surface area contributed by atoms with Crippen LogP contribution in [-0.2, 0) is 11.2 Å². The summed E-state index contributed by atoms with van der Waals surface area (Å²) in [5, 5.41) is 6.28. The Labute approximate surface area is 184 Å². The number of carbonyl (C=O) groups excluding carboxylic acids is 2. The molecule has 0 bridgehead atoms. The van der Waals surface area contributed by atoms with E-state index in [1.54, 1.807) is 18.3 Å². The van der Waals surface area contributed by atoms with E-state index in [0.29, 0.717) is 11.3 Å². The average Bonchev–Trinajstić information content (AvgIpc) is 3.28. The predicted octanol–water partition coefficient (Wildman–Crippen LogP) is 4.30. The summed E-state index contributed by atoms with van der Waals surface area (Å²) in [5.41, 5.74) is 2.35. The van der Waals surface area contributed by atoms with Gasteiger partial charge >= 0.3 is 0 Å². The maximum absolute atomic E-state index is 13.8. The molecular weight excluding hydrogens is 409 g/mol. The van der Waals surface area contributed by atoms with Gasteiger partial charge in [-0.1, -0.05) is 36.4 Å². The molecule has 4 rings (SSSR count). The first kappa shape index (κ1) is 21.1. The number of nitrogens with one attached hydrogen (secondary N) is 3. The highest BCUT2D eigenvalue weighted by Gasteiger charge is 2.24. The van der Waals surface area contributed by atoms with Crippen molar-refractivity contribution in [2.24, 2.45) is 0 Å². The number of anilines is 1. The molecular formula is C25H22FN3O3. The van der Waals surface area contributed by atoms with E-state index in [9.17, 15) is 14.0 Å². The molecule has 1 heterocycles. The van der Waals surface area contributed by atoms with Gasteiger partial charge in [-0.05, 0) is 35.9 Å². The van der Waals surface area contributed by atoms with Crippen LogP contribution in [0.2, 0.25) is 0 Å². The fourth-order valence-corrected chi connectivity index (χ4v) is 3.58. The van der Waals surface area contributed by atoms with E-state index < -0.39 is 17.8 Å². The van der Waals surface area contributed by atoms with Gasteiger partial charge in [0, 0.05) is 35.2 Å². The largest absolute Gasteiger partial charge is 0.495 e. The molecule has 0 aliphatic rings. The van der Waals surface area contributed by atoms with Gasteiger partial charge in [0.05, 0.1) is 12.8 Å². The molecule has 0 fully saturated rings. The van der Waals surface area contributed by atoms with Gasteiger partial charge in [0.1, 0.15) is 17.6 Å². The quantitative estimate of drug-likeness (QED) is 0.408. The molecule has 1 aromatic heterocycles. The monoisotopic (exact) mass is 431 g/mol. The van der Waals surface area contributed by atoms with Crippen molar-refractivity contribution in [2.45, 2.75) is 12.5 Å². The Hall–Kier alpha value is -4.13. The molecule has 0 aliphatic carbocycles. The summed E-state index contributed by atoms with van der Waals surface area (Å²) in [5.74, 6) is -1.05. The second-order valence-corrected chi connectivity index (χ2v) is 7.29. The lowest BCUT2D eigenvalue weighted by Gasteiger charge is -2.20. The molecule has 3 N–H and O–H groups in total. The Balaban J connectivity index is 1.61. The topological polar surface area (TPSA) is 83.2 Å². The van der Waals surface area contributed by atoms with Crippen LogP contribution in [0.15, 0.2) is 79.0 Å². The summed E-state index contributed by atoms with van der Waals surface area (Å²) in [6.45, 7) is 0. The van der Waals surface area contributed by atoms with Gasteiger partial charge in [-0.3, -0.25) is 9.59 Å². The van der Waals surface area contributed by atoms with Gasteiger partial charge in [0.2, 0.25) is 5.91 Å². The summed E-state index contributed by atoms with van der Waals surface area (Å²) in [7, 11) is 1.43. The Morgan fingerprint density at radius 2 is 1.84 bits per heavy atom. The van der Waals surface area contributed by atoms with Crippen molar-refractivity contribution in [3.8, 4) is 5.75 Å². The molecule has 0 radical (unpaired) electrons. The molecule has 1 atom stereocenters. The highest BCUT2D eigenvalue weighted by molar-refractivity contribution is 6.08. The van der Waals surface area contributed by atoms with Crippen LogP contribution in [0, 0.1) is 5.82 Å². The maximum atomic E-state index is 13.8. The fourth-order valence-electron chi connectivity index (χ4n) is 3.58. The third kappa shape index (κ3) is 4.62. The van der Waals surface area contributed by atoms with Crippen molar-refractivity contribution in [3.63, 3.8) is 0 Å². The summed E-state index contributed by atoms with van der Waals surface area (Å²) in [6, 6.07) is 19.5. The number of rotatable bonds is 7. The molecule has 0 saturated carbocycles. The zero-order valence-corrected chi connectivity index (χ0v) is 17.4. The molecule has 1 unspecified atom stereocenters. The van der Waals surface area contributed by atoms with E-state index >= 15 is 0 Å². The highest BCUT2D eigenvalue weighted by Crippen LogP contribution is 2.25. The van der Waals surface area contributed by atoms with Crippen molar-refractivity contribution in [1.29, 1.82) is 0 Å². The van der Waals surface area contributed by atoms with Gasteiger partial charge in [-0.15, -0.1) is 0 Å². The number of hydrogen-bond acceptors (Lipinski definition) is 3. The number of halogens is 1. The Morgan fingerprint density at radius 3 is 2.62 bits per heavy atom. The molecule has 4 aromatic rings. The number of benzene rings is 3. The minimum absolute atomic E-state index is 0.192. The Kier molecular flexibility index (Phi) is 6.17. The van der Waals surface area contributed by atoms with Crippen molar-refractivity contribution < 1.29 is 18.7 Å². The molecule has 162 valence electrons. The summed E-state index contributed by atoms with van der Waals surface area (Å²) >= 11 is 0. The molecule has 2 amide bonds. The fraction of sp³-hybridized carbons (Fsp3) is 0.120. The standard InChI is InChI=1S/C25H22FN3O3/c1-32-23-11-10-17(26)15-21(23)28-25(31)22(14-16-6-3-2-4-7-16)29-24(30)19-8-5-9-20-18(19)12-13-27-20/h2-13,15,22,27H,14H2,1H3,(H,28,31)(H,29,30). The van der Waals surface area contributed by atoms with Crippen molar-refractivity contribution >= 4 is 28.4 Å². The van der Waals surface area contributed by atoms with Crippen LogP contribution < -0.4 is 15.4 Å². The van der Waals surface area contributed by atoms with E-state index in [-0.39, 0.29) is 18.0 Å². The van der Waals surface area contributed by atoms with E-state index in [0.717, 1.165) is 16.5 Å². The number of H-pyrrole nitrogens is 1. The number of hydrogen-bond donors (Lipinski definition) is 3. The van der Waals surface area contributed by atoms with Gasteiger partial charge in [0.25, 0.3) is 5.91 Å². The first-order valence-corrected chi connectivity index (χ1v) is 10.1. The summed E-state index contributed by atoms with van der Waals surface area (Å²) in [6.07, 6.45) is 2.02. The molecule has 0 saturated heterocycles.